The molecule has 0 aliphatic heterocycles. The first-order chi connectivity index (χ1) is 17.2. The van der Waals surface area contributed by atoms with Crippen molar-refractivity contribution < 1.29 is 23.8 Å². The normalized spacial score (nSPS) is 10.7. The zero-order chi connectivity index (χ0) is 25.0. The van der Waals surface area contributed by atoms with E-state index in [0.717, 1.165) is 24.2 Å². The second-order valence-electron chi connectivity index (χ2n) is 8.98. The minimum atomic E-state index is -0.402. The van der Waals surface area contributed by atoms with E-state index in [0.29, 0.717) is 12.4 Å². The molecule has 0 N–H and O–H groups in total. The van der Waals surface area contributed by atoms with E-state index >= 15 is 0 Å². The third-order valence-corrected chi connectivity index (χ3v) is 5.85. The first-order valence-electron chi connectivity index (χ1n) is 13.3. The van der Waals surface area contributed by atoms with Gasteiger partial charge in [-0.15, -0.1) is 0 Å². The molecule has 0 aliphatic carbocycles. The zero-order valence-electron chi connectivity index (χ0n) is 21.3. The largest absolute Gasteiger partial charge is 0.466 e. The Morgan fingerprint density at radius 2 is 1.11 bits per heavy atom. The molecule has 0 saturated carbocycles. The number of rotatable bonds is 19. The van der Waals surface area contributed by atoms with Crippen LogP contribution >= 0.6 is 0 Å². The molecule has 2 rings (SSSR count). The molecule has 0 radical (unpaired) electrons. The molecule has 0 aromatic heterocycles. The Labute approximate surface area is 211 Å². The minimum Gasteiger partial charge on any atom is -0.466 e. The molecule has 192 valence electrons. The van der Waals surface area contributed by atoms with E-state index in [1.165, 1.54) is 57.8 Å². The van der Waals surface area contributed by atoms with E-state index in [9.17, 15) is 9.59 Å². The molecular formula is C30H42O5. The predicted octanol–water partition coefficient (Wildman–Crippen LogP) is 8.16. The third-order valence-electron chi connectivity index (χ3n) is 5.85. The highest BCUT2D eigenvalue weighted by atomic mass is 16.5. The van der Waals surface area contributed by atoms with Gasteiger partial charge in [0.1, 0.15) is 18.1 Å². The maximum absolute atomic E-state index is 11.9. The van der Waals surface area contributed by atoms with Crippen molar-refractivity contribution in [2.75, 3.05) is 6.61 Å². The van der Waals surface area contributed by atoms with Gasteiger partial charge in [0, 0.05) is 0 Å². The van der Waals surface area contributed by atoms with Crippen LogP contribution < -0.4 is 4.74 Å². The topological polar surface area (TPSA) is 61.8 Å². The summed E-state index contributed by atoms with van der Waals surface area (Å²) >= 11 is 0. The summed E-state index contributed by atoms with van der Waals surface area (Å²) in [7, 11) is 0. The minimum absolute atomic E-state index is 0.0340. The number of para-hydroxylation sites is 1. The van der Waals surface area contributed by atoms with Crippen LogP contribution in [0.15, 0.2) is 54.6 Å². The molecule has 5 nitrogen and oxygen atoms in total. The fraction of sp³-hybridized carbons (Fsp3) is 0.533. The van der Waals surface area contributed by atoms with Crippen LogP contribution in [-0.4, -0.2) is 18.5 Å². The molecule has 0 amide bonds. The van der Waals surface area contributed by atoms with Gasteiger partial charge in [0.2, 0.25) is 0 Å². The van der Waals surface area contributed by atoms with Gasteiger partial charge in [-0.25, -0.2) is 0 Å². The van der Waals surface area contributed by atoms with Crippen molar-refractivity contribution in [3.8, 4) is 11.5 Å². The van der Waals surface area contributed by atoms with Crippen LogP contribution in [-0.2, 0) is 25.7 Å². The van der Waals surface area contributed by atoms with Crippen molar-refractivity contribution in [2.45, 2.75) is 97.0 Å². The fourth-order valence-electron chi connectivity index (χ4n) is 3.74. The second-order valence-corrected chi connectivity index (χ2v) is 8.98. The van der Waals surface area contributed by atoms with Gasteiger partial charge in [-0.2, -0.15) is 0 Å². The van der Waals surface area contributed by atoms with E-state index in [4.69, 9.17) is 14.2 Å². The number of unbranched alkanes of at least 4 members (excludes halogenated alkanes) is 10. The SMILES string of the molecule is CCCCCCCCCCCCCOC(=O)CCC(=O)OCc1ccc(Oc2ccccc2)cc1. The summed E-state index contributed by atoms with van der Waals surface area (Å²) in [5.74, 6) is 0.742. The molecule has 0 saturated heterocycles. The van der Waals surface area contributed by atoms with Crippen molar-refractivity contribution in [2.24, 2.45) is 0 Å². The molecule has 0 heterocycles. The number of hydrogen-bond donors (Lipinski definition) is 0. The van der Waals surface area contributed by atoms with E-state index < -0.39 is 5.97 Å². The van der Waals surface area contributed by atoms with Crippen LogP contribution in [0, 0.1) is 0 Å². The van der Waals surface area contributed by atoms with Gasteiger partial charge in [-0.05, 0) is 36.2 Å². The predicted molar refractivity (Wildman–Crippen MR) is 139 cm³/mol. The Hall–Kier alpha value is -2.82. The first kappa shape index (κ1) is 28.4. The summed E-state index contributed by atoms with van der Waals surface area (Å²) in [6.07, 6.45) is 13.9. The van der Waals surface area contributed by atoms with Gasteiger partial charge in [-0.3, -0.25) is 9.59 Å². The van der Waals surface area contributed by atoms with Gasteiger partial charge < -0.3 is 14.2 Å². The summed E-state index contributed by atoms with van der Waals surface area (Å²) < 4.78 is 16.3. The summed E-state index contributed by atoms with van der Waals surface area (Å²) in [5.41, 5.74) is 0.859. The summed E-state index contributed by atoms with van der Waals surface area (Å²) in [6.45, 7) is 2.84. The standard InChI is InChI=1S/C30H42O5/c1-2-3-4-5-6-7-8-9-10-11-15-24-33-29(31)22-23-30(32)34-25-26-18-20-28(21-19-26)35-27-16-13-12-14-17-27/h12-14,16-21H,2-11,15,22-25H2,1H3. The number of benzene rings is 2. The van der Waals surface area contributed by atoms with Crippen LogP contribution in [0.3, 0.4) is 0 Å². The van der Waals surface area contributed by atoms with Crippen LogP contribution in [0.25, 0.3) is 0 Å². The smallest absolute Gasteiger partial charge is 0.306 e. The van der Waals surface area contributed by atoms with Crippen LogP contribution in [0.1, 0.15) is 96.0 Å². The Morgan fingerprint density at radius 3 is 1.71 bits per heavy atom. The van der Waals surface area contributed by atoms with Gasteiger partial charge in [0.25, 0.3) is 0 Å². The lowest BCUT2D eigenvalue weighted by Gasteiger charge is -2.08. The average molecular weight is 483 g/mol. The highest BCUT2D eigenvalue weighted by Gasteiger charge is 2.09. The molecule has 5 heteroatoms. The summed E-state index contributed by atoms with van der Waals surface area (Å²) in [6, 6.07) is 16.9. The first-order valence-corrected chi connectivity index (χ1v) is 13.3. The van der Waals surface area contributed by atoms with Crippen molar-refractivity contribution >= 4 is 11.9 Å². The molecule has 2 aromatic carbocycles. The summed E-state index contributed by atoms with van der Waals surface area (Å²) in [4.78, 5) is 23.8. The molecule has 35 heavy (non-hydrogen) atoms. The van der Waals surface area contributed by atoms with Crippen molar-refractivity contribution in [3.05, 3.63) is 60.2 Å². The van der Waals surface area contributed by atoms with Crippen LogP contribution in [0.5, 0.6) is 11.5 Å². The van der Waals surface area contributed by atoms with Crippen molar-refractivity contribution in [1.82, 2.24) is 0 Å². The van der Waals surface area contributed by atoms with Crippen molar-refractivity contribution in [1.29, 1.82) is 0 Å². The average Bonchev–Trinajstić information content (AvgIpc) is 2.88. The molecule has 0 fully saturated rings. The molecule has 0 spiro atoms. The molecule has 2 aromatic rings. The number of carbonyl (C=O) groups excluding carboxylic acids is 2. The Bertz CT molecular complexity index is 816. The molecular weight excluding hydrogens is 440 g/mol. The Kier molecular flexibility index (Phi) is 15.0. The highest BCUT2D eigenvalue weighted by Crippen LogP contribution is 2.21. The lowest BCUT2D eigenvalue weighted by atomic mass is 10.1. The van der Waals surface area contributed by atoms with Crippen molar-refractivity contribution in [3.63, 3.8) is 0 Å². The van der Waals surface area contributed by atoms with Gasteiger partial charge in [0.05, 0.1) is 19.4 Å². The lowest BCUT2D eigenvalue weighted by molar-refractivity contribution is -0.151. The van der Waals surface area contributed by atoms with E-state index in [1.807, 2.05) is 54.6 Å². The molecule has 0 unspecified atom stereocenters. The Balaban J connectivity index is 1.44. The fourth-order valence-corrected chi connectivity index (χ4v) is 3.74. The molecule has 0 atom stereocenters. The van der Waals surface area contributed by atoms with Gasteiger partial charge >= 0.3 is 11.9 Å². The van der Waals surface area contributed by atoms with Crippen LogP contribution in [0.4, 0.5) is 0 Å². The van der Waals surface area contributed by atoms with Gasteiger partial charge in [-0.1, -0.05) is 101 Å². The monoisotopic (exact) mass is 482 g/mol. The zero-order valence-corrected chi connectivity index (χ0v) is 21.3. The van der Waals surface area contributed by atoms with Gasteiger partial charge in [0.15, 0.2) is 0 Å². The van der Waals surface area contributed by atoms with E-state index in [-0.39, 0.29) is 25.4 Å². The number of carbonyl (C=O) groups is 2. The maximum atomic E-state index is 11.9. The van der Waals surface area contributed by atoms with Crippen LogP contribution in [0.2, 0.25) is 0 Å². The highest BCUT2D eigenvalue weighted by molar-refractivity contribution is 5.77. The molecule has 0 bridgehead atoms. The molecule has 0 aliphatic rings. The number of hydrogen-bond acceptors (Lipinski definition) is 5. The maximum Gasteiger partial charge on any atom is 0.306 e. The Morgan fingerprint density at radius 1 is 0.600 bits per heavy atom. The van der Waals surface area contributed by atoms with E-state index in [1.54, 1.807) is 0 Å². The third kappa shape index (κ3) is 14.2. The summed E-state index contributed by atoms with van der Waals surface area (Å²) in [5, 5.41) is 0. The number of esters is 2. The second kappa shape index (κ2) is 18.5. The van der Waals surface area contributed by atoms with E-state index in [2.05, 4.69) is 6.92 Å². The number of ether oxygens (including phenoxy) is 3. The quantitative estimate of drug-likeness (QED) is 0.149. The lowest BCUT2D eigenvalue weighted by Crippen LogP contribution is -2.11.